The molecule has 2 heteroatoms. The molecule has 0 radical (unpaired) electrons. The van der Waals surface area contributed by atoms with Gasteiger partial charge in [0, 0.05) is 11.8 Å². The van der Waals surface area contributed by atoms with E-state index in [0.717, 1.165) is 11.5 Å². The van der Waals surface area contributed by atoms with Crippen molar-refractivity contribution < 1.29 is 8.83 Å². The van der Waals surface area contributed by atoms with Crippen LogP contribution in [-0.2, 0) is 0 Å². The molecule has 0 aliphatic heterocycles. The Bertz CT molecular complexity index is 719. The second kappa shape index (κ2) is 11.1. The summed E-state index contributed by atoms with van der Waals surface area (Å²) in [5.41, 5.74) is 3.12. The Kier molecular flexibility index (Phi) is 9.94. The van der Waals surface area contributed by atoms with Gasteiger partial charge in [-0.25, -0.2) is 0 Å². The molecule has 0 spiro atoms. The zero-order valence-electron chi connectivity index (χ0n) is 23.6. The van der Waals surface area contributed by atoms with Crippen molar-refractivity contribution in [3.63, 3.8) is 0 Å². The van der Waals surface area contributed by atoms with Crippen molar-refractivity contribution >= 4 is 0 Å². The minimum atomic E-state index is 0.250. The Balaban J connectivity index is 0.000000320. The molecule has 0 aliphatic rings. The molecule has 0 bridgehead atoms. The monoisotopic (exact) mass is 444 g/mol. The normalized spacial score (nSPS) is 14.8. The maximum Gasteiger partial charge on any atom is 0.107 e. The molecular formula is C30H52O2. The highest BCUT2D eigenvalue weighted by Crippen LogP contribution is 2.42. The number of hydrogen-bond acceptors (Lipinski definition) is 2. The predicted molar refractivity (Wildman–Crippen MR) is 140 cm³/mol. The van der Waals surface area contributed by atoms with Gasteiger partial charge in [0.15, 0.2) is 0 Å². The van der Waals surface area contributed by atoms with Crippen LogP contribution in [0.1, 0.15) is 143 Å². The predicted octanol–water partition coefficient (Wildman–Crippen LogP) is 10.4. The van der Waals surface area contributed by atoms with Crippen LogP contribution in [0.5, 0.6) is 0 Å². The number of hydrogen-bond donors (Lipinski definition) is 0. The lowest BCUT2D eigenvalue weighted by atomic mass is 9.73. The van der Waals surface area contributed by atoms with Crippen LogP contribution < -0.4 is 0 Å². The topological polar surface area (TPSA) is 26.3 Å². The fourth-order valence-corrected chi connectivity index (χ4v) is 5.18. The van der Waals surface area contributed by atoms with Gasteiger partial charge in [-0.05, 0) is 57.8 Å². The molecule has 184 valence electrons. The standard InChI is InChI=1S/2C15H26O/c2*1-10(2)12-8-13(16-9-12)14(11(3)4)15(5,6)7/h2*8-11,14H,1-7H3/t2*14-/m00/s1. The highest BCUT2D eigenvalue weighted by Gasteiger charge is 2.32. The van der Waals surface area contributed by atoms with E-state index in [-0.39, 0.29) is 10.8 Å². The van der Waals surface area contributed by atoms with Crippen molar-refractivity contribution in [1.29, 1.82) is 0 Å². The second-order valence-corrected chi connectivity index (χ2v) is 13.0. The van der Waals surface area contributed by atoms with E-state index < -0.39 is 0 Å². The van der Waals surface area contributed by atoms with Crippen molar-refractivity contribution in [3.8, 4) is 0 Å². The summed E-state index contributed by atoms with van der Waals surface area (Å²) in [6.07, 6.45) is 3.84. The van der Waals surface area contributed by atoms with Gasteiger partial charge in [-0.1, -0.05) is 96.9 Å². The van der Waals surface area contributed by atoms with Gasteiger partial charge in [-0.2, -0.15) is 0 Å². The molecule has 0 unspecified atom stereocenters. The van der Waals surface area contributed by atoms with Gasteiger partial charge in [-0.15, -0.1) is 0 Å². The molecule has 0 aliphatic carbocycles. The molecule has 2 atom stereocenters. The third kappa shape index (κ3) is 7.85. The van der Waals surface area contributed by atoms with Crippen LogP contribution in [0.15, 0.2) is 33.5 Å². The first-order valence-electron chi connectivity index (χ1n) is 12.6. The molecule has 32 heavy (non-hydrogen) atoms. The van der Waals surface area contributed by atoms with Crippen molar-refractivity contribution in [2.45, 2.75) is 121 Å². The van der Waals surface area contributed by atoms with Crippen molar-refractivity contribution in [3.05, 3.63) is 47.3 Å². The Labute approximate surface area is 199 Å². The smallest absolute Gasteiger partial charge is 0.107 e. The summed E-state index contributed by atoms with van der Waals surface area (Å²) in [4.78, 5) is 0. The number of furan rings is 2. The molecule has 2 rings (SSSR count). The molecule has 2 aromatic rings. The fraction of sp³-hybridized carbons (Fsp3) is 0.733. The Hall–Kier alpha value is -1.44. The van der Waals surface area contributed by atoms with Crippen LogP contribution in [0.25, 0.3) is 0 Å². The zero-order chi connectivity index (χ0) is 25.0. The average Bonchev–Trinajstić information content (AvgIpc) is 3.22. The highest BCUT2D eigenvalue weighted by molar-refractivity contribution is 5.21. The fourth-order valence-electron chi connectivity index (χ4n) is 5.18. The summed E-state index contributed by atoms with van der Waals surface area (Å²) >= 11 is 0. The van der Waals surface area contributed by atoms with Crippen molar-refractivity contribution in [2.75, 3.05) is 0 Å². The van der Waals surface area contributed by atoms with E-state index in [1.165, 1.54) is 11.1 Å². The molecule has 0 fully saturated rings. The second-order valence-electron chi connectivity index (χ2n) is 13.0. The first-order chi connectivity index (χ1) is 14.5. The van der Waals surface area contributed by atoms with Crippen LogP contribution >= 0.6 is 0 Å². The van der Waals surface area contributed by atoms with E-state index in [0.29, 0.717) is 35.5 Å². The summed E-state index contributed by atoms with van der Waals surface area (Å²) in [5, 5.41) is 0. The van der Waals surface area contributed by atoms with Gasteiger partial charge in [-0.3, -0.25) is 0 Å². The molecule has 2 heterocycles. The molecule has 2 aromatic heterocycles. The molecular weight excluding hydrogens is 392 g/mol. The largest absolute Gasteiger partial charge is 0.469 e. The van der Waals surface area contributed by atoms with E-state index in [2.05, 4.69) is 109 Å². The van der Waals surface area contributed by atoms with Gasteiger partial charge in [0.2, 0.25) is 0 Å². The SMILES string of the molecule is CC(C)c1coc([C@H](C(C)C)C(C)(C)C)c1.CC(C)c1coc([C@H](C(C)C)C(C)(C)C)c1. The third-order valence-corrected chi connectivity index (χ3v) is 6.43. The van der Waals surface area contributed by atoms with Crippen LogP contribution in [0.2, 0.25) is 0 Å². The van der Waals surface area contributed by atoms with Crippen LogP contribution in [0.3, 0.4) is 0 Å². The van der Waals surface area contributed by atoms with Gasteiger partial charge < -0.3 is 8.83 Å². The Morgan fingerprint density at radius 1 is 0.531 bits per heavy atom. The van der Waals surface area contributed by atoms with Gasteiger partial charge in [0.1, 0.15) is 11.5 Å². The van der Waals surface area contributed by atoms with Crippen molar-refractivity contribution in [2.24, 2.45) is 22.7 Å². The molecule has 0 saturated carbocycles. The quantitative estimate of drug-likeness (QED) is 0.443. The highest BCUT2D eigenvalue weighted by atomic mass is 16.3. The van der Waals surface area contributed by atoms with E-state index in [4.69, 9.17) is 8.83 Å². The molecule has 0 aromatic carbocycles. The minimum Gasteiger partial charge on any atom is -0.469 e. The average molecular weight is 445 g/mol. The van der Waals surface area contributed by atoms with Crippen molar-refractivity contribution in [1.82, 2.24) is 0 Å². The van der Waals surface area contributed by atoms with E-state index in [1.807, 2.05) is 12.5 Å². The molecule has 2 nitrogen and oxygen atoms in total. The van der Waals surface area contributed by atoms with Crippen LogP contribution in [0, 0.1) is 22.7 Å². The summed E-state index contributed by atoms with van der Waals surface area (Å²) in [6.45, 7) is 31.6. The minimum absolute atomic E-state index is 0.250. The summed E-state index contributed by atoms with van der Waals surface area (Å²) in [6, 6.07) is 4.47. The lowest BCUT2D eigenvalue weighted by molar-refractivity contribution is 0.224. The Morgan fingerprint density at radius 2 is 0.812 bits per heavy atom. The van der Waals surface area contributed by atoms with E-state index in [9.17, 15) is 0 Å². The van der Waals surface area contributed by atoms with Crippen LogP contribution in [-0.4, -0.2) is 0 Å². The zero-order valence-corrected chi connectivity index (χ0v) is 23.6. The van der Waals surface area contributed by atoms with Gasteiger partial charge in [0.25, 0.3) is 0 Å². The first-order valence-corrected chi connectivity index (χ1v) is 12.6. The maximum atomic E-state index is 5.78. The summed E-state index contributed by atoms with van der Waals surface area (Å²) < 4.78 is 11.6. The third-order valence-electron chi connectivity index (χ3n) is 6.43. The van der Waals surface area contributed by atoms with E-state index >= 15 is 0 Å². The van der Waals surface area contributed by atoms with Crippen LogP contribution in [0.4, 0.5) is 0 Å². The van der Waals surface area contributed by atoms with E-state index in [1.54, 1.807) is 0 Å². The number of rotatable bonds is 6. The summed E-state index contributed by atoms with van der Waals surface area (Å²) in [5.74, 6) is 5.56. The molecule has 0 N–H and O–H groups in total. The van der Waals surface area contributed by atoms with Gasteiger partial charge in [0.05, 0.1) is 12.5 Å². The van der Waals surface area contributed by atoms with Gasteiger partial charge >= 0.3 is 0 Å². The summed E-state index contributed by atoms with van der Waals surface area (Å²) in [7, 11) is 0. The molecule has 0 amide bonds. The lowest BCUT2D eigenvalue weighted by Gasteiger charge is -2.32. The maximum absolute atomic E-state index is 5.78. The first kappa shape index (κ1) is 28.6. The Morgan fingerprint density at radius 3 is 0.969 bits per heavy atom. The molecule has 0 saturated heterocycles. The lowest BCUT2D eigenvalue weighted by Crippen LogP contribution is -2.22.